The number of benzene rings is 8. The van der Waals surface area contributed by atoms with Gasteiger partial charge in [0.05, 0.1) is 11.4 Å². The van der Waals surface area contributed by atoms with E-state index in [-0.39, 0.29) is 0 Å². The normalized spacial score (nSPS) is 35.7. The summed E-state index contributed by atoms with van der Waals surface area (Å²) >= 11 is 0. The second-order valence-electron chi connectivity index (χ2n) is 41.9. The van der Waals surface area contributed by atoms with E-state index in [4.69, 9.17) is 0 Å². The molecule has 0 radical (unpaired) electrons. The lowest BCUT2D eigenvalue weighted by Gasteiger charge is -2.38. The summed E-state index contributed by atoms with van der Waals surface area (Å²) in [6.45, 7) is 0. The molecule has 0 N–H and O–H groups in total. The summed E-state index contributed by atoms with van der Waals surface area (Å²) in [6, 6.07) is 64.7. The zero-order valence-corrected chi connectivity index (χ0v) is 66.9. The van der Waals surface area contributed by atoms with Crippen molar-refractivity contribution >= 4 is 55.7 Å². The van der Waals surface area contributed by atoms with E-state index in [1.165, 1.54) is 324 Å². The van der Waals surface area contributed by atoms with Gasteiger partial charge in [0.25, 0.3) is 0 Å². The lowest BCUT2D eigenvalue weighted by atomic mass is 9.70. The first-order valence-electron chi connectivity index (χ1n) is 47.7. The molecule has 16 aliphatic rings. The van der Waals surface area contributed by atoms with Gasteiger partial charge < -0.3 is 9.80 Å². The molecule has 16 fully saturated rings. The number of hydrogen-bond donors (Lipinski definition) is 0. The van der Waals surface area contributed by atoms with Gasteiger partial charge in [-0.1, -0.05) is 194 Å². The SMILES string of the molecule is c1ccc(-c2ccc3c(N(c4cc(C5CCCCC5)cc(C5CCCCC5)c4)c4cc(C5CC6CC5C5CCCC65)cc(C5CC6CC5C5CCCC65)c4)c4ccccc4c(N(c4cc(C5CCCCC5)cc(C5CCCCC5)c4)c4cc(C5CC6CC5C5CCCC65)cc(C5CC6CC5C5CCCC65)c4)c3c2)cc1. The highest BCUT2D eigenvalue weighted by atomic mass is 15.2. The van der Waals surface area contributed by atoms with E-state index in [2.05, 4.69) is 155 Å². The Morgan fingerprint density at radius 3 is 0.809 bits per heavy atom. The van der Waals surface area contributed by atoms with Gasteiger partial charge in [0, 0.05) is 44.3 Å². The Morgan fingerprint density at radius 1 is 0.191 bits per heavy atom. The van der Waals surface area contributed by atoms with E-state index in [1.807, 2.05) is 0 Å². The van der Waals surface area contributed by atoms with Crippen LogP contribution in [0, 0.1) is 94.7 Å². The molecule has 16 aliphatic carbocycles. The van der Waals surface area contributed by atoms with Gasteiger partial charge in [-0.15, -0.1) is 0 Å². The van der Waals surface area contributed by atoms with Crippen LogP contribution in [0.1, 0.15) is 349 Å². The Morgan fingerprint density at radius 2 is 0.473 bits per heavy atom. The van der Waals surface area contributed by atoms with Crippen molar-refractivity contribution < 1.29 is 0 Å². The van der Waals surface area contributed by atoms with Gasteiger partial charge >= 0.3 is 0 Å². The Balaban J connectivity index is 0.789. The summed E-state index contributed by atoms with van der Waals surface area (Å²) in [5.41, 5.74) is 24.9. The van der Waals surface area contributed by atoms with Crippen LogP contribution in [0.5, 0.6) is 0 Å². The van der Waals surface area contributed by atoms with Gasteiger partial charge in [-0.25, -0.2) is 0 Å². The van der Waals surface area contributed by atoms with Crippen molar-refractivity contribution in [1.29, 1.82) is 0 Å². The second kappa shape index (κ2) is 27.8. The highest BCUT2D eigenvalue weighted by molar-refractivity contribution is 6.24. The summed E-state index contributed by atoms with van der Waals surface area (Å²) in [5, 5.41) is 5.70. The Bertz CT molecular complexity index is 4580. The molecule has 24 rings (SSSR count). The van der Waals surface area contributed by atoms with Crippen molar-refractivity contribution in [2.75, 3.05) is 9.80 Å². The molecule has 20 unspecified atom stereocenters. The maximum atomic E-state index is 3.07. The molecule has 0 saturated heterocycles. The van der Waals surface area contributed by atoms with Crippen molar-refractivity contribution in [2.45, 2.75) is 304 Å². The minimum Gasteiger partial charge on any atom is -0.309 e. The summed E-state index contributed by atoms with van der Waals surface area (Å²) in [4.78, 5) is 6.13. The number of anilines is 6. The third-order valence-electron chi connectivity index (χ3n) is 37.1. The fraction of sp³-hybridized carbons (Fsp3) is 0.593. The molecule has 2 heteroatoms. The molecule has 0 aliphatic heterocycles. The lowest BCUT2D eigenvalue weighted by molar-refractivity contribution is 0.229. The molecule has 2 nitrogen and oxygen atoms in total. The summed E-state index contributed by atoms with van der Waals surface area (Å²) in [7, 11) is 0. The fourth-order valence-corrected chi connectivity index (χ4v) is 32.7. The smallest absolute Gasteiger partial charge is 0.0620 e. The summed E-state index contributed by atoms with van der Waals surface area (Å²) in [6.07, 6.45) is 56.3. The Hall–Kier alpha value is -6.12. The van der Waals surface area contributed by atoms with Gasteiger partial charge in [-0.2, -0.15) is 0 Å². The Labute approximate surface area is 661 Å². The maximum Gasteiger partial charge on any atom is 0.0620 e. The van der Waals surface area contributed by atoms with Crippen LogP contribution in [0.4, 0.5) is 34.1 Å². The van der Waals surface area contributed by atoms with Gasteiger partial charge in [0.1, 0.15) is 0 Å². The molecule has 16 saturated carbocycles. The zero-order chi connectivity index (χ0) is 71.8. The third-order valence-corrected chi connectivity index (χ3v) is 37.1. The average molecular weight is 1450 g/mol. The highest BCUT2D eigenvalue weighted by Gasteiger charge is 2.59. The lowest BCUT2D eigenvalue weighted by Crippen LogP contribution is -2.25. The van der Waals surface area contributed by atoms with Crippen LogP contribution in [0.3, 0.4) is 0 Å². The van der Waals surface area contributed by atoms with Gasteiger partial charge in [0.2, 0.25) is 0 Å². The molecule has 0 amide bonds. The largest absolute Gasteiger partial charge is 0.309 e. The minimum atomic E-state index is 0.604. The van der Waals surface area contributed by atoms with Crippen molar-refractivity contribution in [3.05, 3.63) is 190 Å². The van der Waals surface area contributed by atoms with Crippen LogP contribution in [0.25, 0.3) is 32.7 Å². The van der Waals surface area contributed by atoms with E-state index in [0.717, 1.165) is 94.7 Å². The topological polar surface area (TPSA) is 6.48 Å². The zero-order valence-electron chi connectivity index (χ0n) is 66.9. The molecular formula is C108H128N2. The van der Waals surface area contributed by atoms with Crippen LogP contribution in [0.2, 0.25) is 0 Å². The highest BCUT2D eigenvalue weighted by Crippen LogP contribution is 2.70. The molecular weight excluding hydrogens is 1330 g/mol. The molecule has 110 heavy (non-hydrogen) atoms. The van der Waals surface area contributed by atoms with E-state index in [9.17, 15) is 0 Å². The molecule has 8 aromatic carbocycles. The Kier molecular flexibility index (Phi) is 17.3. The number of rotatable bonds is 15. The second-order valence-corrected chi connectivity index (χ2v) is 41.9. The first-order valence-corrected chi connectivity index (χ1v) is 47.7. The van der Waals surface area contributed by atoms with Crippen LogP contribution in [0.15, 0.2) is 146 Å². The first-order chi connectivity index (χ1) is 54.5. The van der Waals surface area contributed by atoms with Crippen molar-refractivity contribution in [1.82, 2.24) is 0 Å². The monoisotopic (exact) mass is 1450 g/mol. The van der Waals surface area contributed by atoms with Crippen molar-refractivity contribution in [3.63, 3.8) is 0 Å². The van der Waals surface area contributed by atoms with Crippen molar-refractivity contribution in [2.24, 2.45) is 94.7 Å². The predicted octanol–water partition coefficient (Wildman–Crippen LogP) is 30.9. The standard InChI is InChI=1S/C108H128N2/c1-6-22-65(23-7-1)70-42-43-97-106(56-70)108(110(84-50-73(68-28-12-4-13-29-68)45-74(51-84)69-30-14-5-15-31-69)86-54-77(100-59-81-63-104(100)93-40-20-36-89(81)93)47-78(55-86)101-60-82-64-105(101)94-41-21-37-90(82)94)96-33-17-16-32-95(96)107(97)109(83-48-71(66-24-8-2-9-25-66)44-72(49-83)67-26-10-3-11-27-67)85-52-75(98-57-79-61-102(98)91-38-18-34-87(79)91)46-76(53-85)99-58-80-62-103(99)92-39-19-35-88(80)92/h1,6-7,16-17,22-23,32-33,42-56,66-69,79-82,87-94,98-105H,2-5,8-15,18-21,24-31,34-41,57-64H2. The number of nitrogens with zero attached hydrogens (tertiary/aromatic N) is 2. The predicted molar refractivity (Wildman–Crippen MR) is 459 cm³/mol. The third kappa shape index (κ3) is 11.4. The summed E-state index contributed by atoms with van der Waals surface area (Å²) < 4.78 is 0. The molecule has 8 bridgehead atoms. The van der Waals surface area contributed by atoms with Crippen LogP contribution < -0.4 is 9.80 Å². The number of fused-ring (bicyclic) bond motifs is 22. The van der Waals surface area contributed by atoms with Gasteiger partial charge in [-0.3, -0.25) is 0 Å². The molecule has 0 aromatic heterocycles. The first kappa shape index (κ1) is 68.3. The maximum absolute atomic E-state index is 3.07. The average Bonchev–Trinajstić information content (AvgIpc) is 1.44. The van der Waals surface area contributed by atoms with E-state index in [0.29, 0.717) is 47.3 Å². The minimum absolute atomic E-state index is 0.604. The summed E-state index contributed by atoms with van der Waals surface area (Å²) in [5.74, 6) is 19.6. The molecule has 570 valence electrons. The van der Waals surface area contributed by atoms with Gasteiger partial charge in [0.15, 0.2) is 0 Å². The van der Waals surface area contributed by atoms with E-state index >= 15 is 0 Å². The quantitative estimate of drug-likeness (QED) is 0.0746. The molecule has 20 atom stereocenters. The van der Waals surface area contributed by atoms with E-state index in [1.54, 1.807) is 44.5 Å². The van der Waals surface area contributed by atoms with Crippen LogP contribution in [-0.2, 0) is 0 Å². The molecule has 8 aromatic rings. The van der Waals surface area contributed by atoms with Crippen LogP contribution in [-0.4, -0.2) is 0 Å². The molecule has 0 heterocycles. The van der Waals surface area contributed by atoms with Crippen molar-refractivity contribution in [3.8, 4) is 11.1 Å². The van der Waals surface area contributed by atoms with E-state index < -0.39 is 0 Å². The fourth-order valence-electron chi connectivity index (χ4n) is 32.7. The van der Waals surface area contributed by atoms with Gasteiger partial charge in [-0.05, 0) is 406 Å². The molecule has 0 spiro atoms. The number of hydrogen-bond acceptors (Lipinski definition) is 2. The van der Waals surface area contributed by atoms with Crippen LogP contribution >= 0.6 is 0 Å².